The summed E-state index contributed by atoms with van der Waals surface area (Å²) in [6.45, 7) is 1.11. The number of hydrogen-bond donors (Lipinski definition) is 0. The van der Waals surface area contributed by atoms with E-state index in [0.29, 0.717) is 19.2 Å². The molecule has 16 heavy (non-hydrogen) atoms. The summed E-state index contributed by atoms with van der Waals surface area (Å²) in [5.41, 5.74) is -1.17. The van der Waals surface area contributed by atoms with E-state index in [-0.39, 0.29) is 5.76 Å². The Labute approximate surface area is 89.0 Å². The van der Waals surface area contributed by atoms with E-state index in [1.165, 1.54) is 4.90 Å². The Balaban J connectivity index is 2.15. The van der Waals surface area contributed by atoms with Gasteiger partial charge in [-0.05, 0) is 12.8 Å². The van der Waals surface area contributed by atoms with Crippen LogP contribution in [0.15, 0.2) is 10.6 Å². The standard InChI is InChI=1S/C9H9F3N2O2/c10-9(11,12)7-5-6(16-13-7)8(15)14-3-1-2-4-14/h5H,1-4H2. The average Bonchev–Trinajstić information content (AvgIpc) is 2.87. The number of aromatic nitrogens is 1. The summed E-state index contributed by atoms with van der Waals surface area (Å²) in [6.07, 6.45) is -2.84. The molecule has 2 rings (SSSR count). The van der Waals surface area contributed by atoms with Gasteiger partial charge in [-0.1, -0.05) is 5.16 Å². The van der Waals surface area contributed by atoms with Crippen LogP contribution in [0.4, 0.5) is 13.2 Å². The van der Waals surface area contributed by atoms with Crippen molar-refractivity contribution in [3.05, 3.63) is 17.5 Å². The Hall–Kier alpha value is -1.53. The first-order valence-corrected chi connectivity index (χ1v) is 4.81. The second-order valence-corrected chi connectivity index (χ2v) is 3.57. The molecule has 0 saturated carbocycles. The maximum absolute atomic E-state index is 12.2. The van der Waals surface area contributed by atoms with Gasteiger partial charge in [0.15, 0.2) is 5.69 Å². The van der Waals surface area contributed by atoms with Crippen LogP contribution in [0.1, 0.15) is 29.1 Å². The predicted octanol–water partition coefficient (Wildman–Crippen LogP) is 1.93. The van der Waals surface area contributed by atoms with Crippen molar-refractivity contribution in [1.29, 1.82) is 0 Å². The van der Waals surface area contributed by atoms with Gasteiger partial charge in [0.2, 0.25) is 5.76 Å². The Morgan fingerprint density at radius 2 is 2.00 bits per heavy atom. The first-order chi connectivity index (χ1) is 7.48. The minimum Gasteiger partial charge on any atom is -0.350 e. The molecular weight excluding hydrogens is 225 g/mol. The highest BCUT2D eigenvalue weighted by atomic mass is 19.4. The normalized spacial score (nSPS) is 16.8. The SMILES string of the molecule is O=C(c1cc(C(F)(F)F)no1)N1CCCC1. The van der Waals surface area contributed by atoms with Crippen LogP contribution in [0.25, 0.3) is 0 Å². The van der Waals surface area contributed by atoms with Crippen LogP contribution in [0, 0.1) is 0 Å². The molecule has 7 heteroatoms. The molecule has 0 radical (unpaired) electrons. The van der Waals surface area contributed by atoms with E-state index in [1.54, 1.807) is 0 Å². The smallest absolute Gasteiger partial charge is 0.350 e. The lowest BCUT2D eigenvalue weighted by molar-refractivity contribution is -0.142. The summed E-state index contributed by atoms with van der Waals surface area (Å²) in [6, 6.07) is 0.640. The topological polar surface area (TPSA) is 46.3 Å². The molecule has 0 N–H and O–H groups in total. The lowest BCUT2D eigenvalue weighted by atomic mass is 10.3. The fraction of sp³-hybridized carbons (Fsp3) is 0.556. The van der Waals surface area contributed by atoms with E-state index in [4.69, 9.17) is 0 Å². The summed E-state index contributed by atoms with van der Waals surface area (Å²) in [5, 5.41) is 2.83. The molecule has 0 aliphatic carbocycles. The van der Waals surface area contributed by atoms with Crippen LogP contribution >= 0.6 is 0 Å². The number of rotatable bonds is 1. The first kappa shape index (κ1) is 11.0. The van der Waals surface area contributed by atoms with E-state index in [9.17, 15) is 18.0 Å². The molecule has 1 aromatic heterocycles. The monoisotopic (exact) mass is 234 g/mol. The van der Waals surface area contributed by atoms with Gasteiger partial charge in [-0.3, -0.25) is 4.79 Å². The first-order valence-electron chi connectivity index (χ1n) is 4.81. The molecule has 88 valence electrons. The van der Waals surface area contributed by atoms with Crippen LogP contribution in [-0.2, 0) is 6.18 Å². The molecule has 0 spiro atoms. The van der Waals surface area contributed by atoms with Gasteiger partial charge in [0.05, 0.1) is 0 Å². The van der Waals surface area contributed by atoms with Gasteiger partial charge >= 0.3 is 6.18 Å². The number of carbonyl (C=O) groups excluding carboxylic acids is 1. The molecule has 1 aromatic rings. The van der Waals surface area contributed by atoms with E-state index < -0.39 is 17.8 Å². The highest BCUT2D eigenvalue weighted by Gasteiger charge is 2.36. The third-order valence-electron chi connectivity index (χ3n) is 2.40. The van der Waals surface area contributed by atoms with Crippen molar-refractivity contribution in [2.75, 3.05) is 13.1 Å². The number of alkyl halides is 3. The predicted molar refractivity (Wildman–Crippen MR) is 46.6 cm³/mol. The Kier molecular flexibility index (Phi) is 2.61. The molecule has 0 unspecified atom stereocenters. The molecule has 0 atom stereocenters. The fourth-order valence-electron chi connectivity index (χ4n) is 1.59. The number of carbonyl (C=O) groups is 1. The third-order valence-corrected chi connectivity index (χ3v) is 2.40. The largest absolute Gasteiger partial charge is 0.436 e. The molecule has 2 heterocycles. The zero-order valence-corrected chi connectivity index (χ0v) is 8.25. The van der Waals surface area contributed by atoms with Crippen LogP contribution in [-0.4, -0.2) is 29.1 Å². The quantitative estimate of drug-likeness (QED) is 0.745. The van der Waals surface area contributed by atoms with Crippen LogP contribution in [0.3, 0.4) is 0 Å². The summed E-state index contributed by atoms with van der Waals surface area (Å²) < 4.78 is 41.0. The zero-order chi connectivity index (χ0) is 11.8. The van der Waals surface area contributed by atoms with Crippen molar-refractivity contribution < 1.29 is 22.5 Å². The zero-order valence-electron chi connectivity index (χ0n) is 8.25. The Morgan fingerprint density at radius 3 is 2.50 bits per heavy atom. The Bertz CT molecular complexity index is 394. The van der Waals surface area contributed by atoms with Crippen molar-refractivity contribution in [2.24, 2.45) is 0 Å². The highest BCUT2D eigenvalue weighted by molar-refractivity contribution is 5.91. The molecule has 1 fully saturated rings. The number of likely N-dealkylation sites (tertiary alicyclic amines) is 1. The number of hydrogen-bond acceptors (Lipinski definition) is 3. The lowest BCUT2D eigenvalue weighted by Crippen LogP contribution is -2.27. The van der Waals surface area contributed by atoms with Crippen LogP contribution < -0.4 is 0 Å². The van der Waals surface area contributed by atoms with Crippen molar-refractivity contribution in [3.63, 3.8) is 0 Å². The molecule has 4 nitrogen and oxygen atoms in total. The van der Waals surface area contributed by atoms with E-state index in [0.717, 1.165) is 12.8 Å². The summed E-state index contributed by atoms with van der Waals surface area (Å²) in [4.78, 5) is 13.1. The molecule has 1 aliphatic heterocycles. The second-order valence-electron chi connectivity index (χ2n) is 3.57. The second kappa shape index (κ2) is 3.80. The van der Waals surface area contributed by atoms with Gasteiger partial charge in [0.25, 0.3) is 5.91 Å². The van der Waals surface area contributed by atoms with Crippen molar-refractivity contribution in [2.45, 2.75) is 19.0 Å². The maximum Gasteiger partial charge on any atom is 0.436 e. The molecular formula is C9H9F3N2O2. The van der Waals surface area contributed by atoms with E-state index in [1.807, 2.05) is 0 Å². The molecule has 1 aliphatic rings. The van der Waals surface area contributed by atoms with Crippen molar-refractivity contribution >= 4 is 5.91 Å². The minimum absolute atomic E-state index is 0.353. The number of nitrogens with zero attached hydrogens (tertiary/aromatic N) is 2. The van der Waals surface area contributed by atoms with Crippen LogP contribution in [0.5, 0.6) is 0 Å². The van der Waals surface area contributed by atoms with Gasteiger partial charge in [0, 0.05) is 19.2 Å². The average molecular weight is 234 g/mol. The molecule has 1 amide bonds. The maximum atomic E-state index is 12.2. The van der Waals surface area contributed by atoms with Gasteiger partial charge < -0.3 is 9.42 Å². The van der Waals surface area contributed by atoms with Gasteiger partial charge in [0.1, 0.15) is 0 Å². The van der Waals surface area contributed by atoms with Crippen LogP contribution in [0.2, 0.25) is 0 Å². The number of amides is 1. The van der Waals surface area contributed by atoms with Gasteiger partial charge in [-0.15, -0.1) is 0 Å². The molecule has 0 aromatic carbocycles. The van der Waals surface area contributed by atoms with Crippen molar-refractivity contribution in [3.8, 4) is 0 Å². The van der Waals surface area contributed by atoms with Gasteiger partial charge in [-0.2, -0.15) is 13.2 Å². The molecule has 1 saturated heterocycles. The summed E-state index contributed by atoms with van der Waals surface area (Å²) >= 11 is 0. The van der Waals surface area contributed by atoms with E-state index >= 15 is 0 Å². The molecule has 0 bridgehead atoms. The minimum atomic E-state index is -4.58. The highest BCUT2D eigenvalue weighted by Crippen LogP contribution is 2.28. The van der Waals surface area contributed by atoms with Gasteiger partial charge in [-0.25, -0.2) is 0 Å². The third kappa shape index (κ3) is 2.02. The number of halogens is 3. The van der Waals surface area contributed by atoms with Crippen molar-refractivity contribution in [1.82, 2.24) is 10.1 Å². The summed E-state index contributed by atoms with van der Waals surface area (Å²) in [7, 11) is 0. The summed E-state index contributed by atoms with van der Waals surface area (Å²) in [5.74, 6) is -0.880. The lowest BCUT2D eigenvalue weighted by Gasteiger charge is -2.11. The van der Waals surface area contributed by atoms with E-state index in [2.05, 4.69) is 9.68 Å². The fourth-order valence-corrected chi connectivity index (χ4v) is 1.59. The Morgan fingerprint density at radius 1 is 1.38 bits per heavy atom.